The topological polar surface area (TPSA) is 71.7 Å². The SMILES string of the molecule is CN=C(NCc1ncc(C(C)(C)C)o1)NCc1ccccc1COc1ccccc1. The number of hydrogen-bond donors (Lipinski definition) is 2. The molecule has 1 heterocycles. The maximum Gasteiger partial charge on any atom is 0.213 e. The summed E-state index contributed by atoms with van der Waals surface area (Å²) in [5.41, 5.74) is 2.23. The Bertz CT molecular complexity index is 959. The highest BCUT2D eigenvalue weighted by Gasteiger charge is 2.19. The van der Waals surface area contributed by atoms with Gasteiger partial charge in [0.05, 0.1) is 12.7 Å². The summed E-state index contributed by atoms with van der Waals surface area (Å²) in [5, 5.41) is 6.59. The molecule has 3 rings (SSSR count). The van der Waals surface area contributed by atoms with Gasteiger partial charge in [-0.05, 0) is 23.3 Å². The summed E-state index contributed by atoms with van der Waals surface area (Å²) in [6, 6.07) is 18.1. The molecule has 0 unspecified atom stereocenters. The zero-order valence-corrected chi connectivity index (χ0v) is 18.1. The molecule has 0 radical (unpaired) electrons. The third-order valence-corrected chi connectivity index (χ3v) is 4.63. The van der Waals surface area contributed by atoms with E-state index in [1.54, 1.807) is 13.2 Å². The molecule has 0 aliphatic rings. The van der Waals surface area contributed by atoms with Crippen LogP contribution in [0.2, 0.25) is 0 Å². The van der Waals surface area contributed by atoms with E-state index in [-0.39, 0.29) is 5.41 Å². The number of rotatable bonds is 7. The van der Waals surface area contributed by atoms with Crippen LogP contribution in [0.1, 0.15) is 43.5 Å². The molecule has 0 spiro atoms. The van der Waals surface area contributed by atoms with Crippen molar-refractivity contribution >= 4 is 5.96 Å². The first-order valence-electron chi connectivity index (χ1n) is 10.1. The van der Waals surface area contributed by atoms with Gasteiger partial charge in [0.2, 0.25) is 5.89 Å². The van der Waals surface area contributed by atoms with Crippen molar-refractivity contribution in [3.05, 3.63) is 83.6 Å². The largest absolute Gasteiger partial charge is 0.489 e. The fourth-order valence-electron chi connectivity index (χ4n) is 2.85. The van der Waals surface area contributed by atoms with Gasteiger partial charge < -0.3 is 19.8 Å². The van der Waals surface area contributed by atoms with Crippen LogP contribution < -0.4 is 15.4 Å². The van der Waals surface area contributed by atoms with E-state index in [1.165, 1.54) is 0 Å². The molecule has 3 aromatic rings. The zero-order valence-electron chi connectivity index (χ0n) is 18.1. The van der Waals surface area contributed by atoms with Crippen molar-refractivity contribution in [1.82, 2.24) is 15.6 Å². The number of aliphatic imine (C=N–C) groups is 1. The third-order valence-electron chi connectivity index (χ3n) is 4.63. The lowest BCUT2D eigenvalue weighted by Gasteiger charge is -2.15. The van der Waals surface area contributed by atoms with Crippen molar-refractivity contribution in [2.75, 3.05) is 7.05 Å². The van der Waals surface area contributed by atoms with Gasteiger partial charge in [0.1, 0.15) is 18.1 Å². The number of oxazole rings is 1. The summed E-state index contributed by atoms with van der Waals surface area (Å²) in [6.45, 7) is 7.92. The second kappa shape index (κ2) is 9.96. The summed E-state index contributed by atoms with van der Waals surface area (Å²) >= 11 is 0. The first-order valence-corrected chi connectivity index (χ1v) is 10.1. The molecule has 0 bridgehead atoms. The Morgan fingerprint density at radius 3 is 2.30 bits per heavy atom. The van der Waals surface area contributed by atoms with E-state index in [9.17, 15) is 0 Å². The molecular formula is C24H30N4O2. The van der Waals surface area contributed by atoms with Crippen LogP contribution in [0, 0.1) is 0 Å². The highest BCUT2D eigenvalue weighted by atomic mass is 16.5. The van der Waals surface area contributed by atoms with Crippen LogP contribution in [0.3, 0.4) is 0 Å². The molecule has 6 heteroatoms. The van der Waals surface area contributed by atoms with E-state index in [1.807, 2.05) is 42.5 Å². The molecule has 2 aromatic carbocycles. The quantitative estimate of drug-likeness (QED) is 0.449. The van der Waals surface area contributed by atoms with E-state index < -0.39 is 0 Å². The second-order valence-corrected chi connectivity index (χ2v) is 8.02. The minimum Gasteiger partial charge on any atom is -0.489 e. The molecule has 1 aromatic heterocycles. The first-order chi connectivity index (χ1) is 14.5. The molecule has 0 amide bonds. The maximum atomic E-state index is 5.91. The smallest absolute Gasteiger partial charge is 0.213 e. The number of hydrogen-bond acceptors (Lipinski definition) is 4. The second-order valence-electron chi connectivity index (χ2n) is 8.02. The van der Waals surface area contributed by atoms with Gasteiger partial charge in [-0.15, -0.1) is 0 Å². The number of ether oxygens (including phenoxy) is 1. The standard InChI is InChI=1S/C24H30N4O2/c1-24(2,3)21-15-26-22(30-21)16-28-23(25-4)27-14-18-10-8-9-11-19(18)17-29-20-12-6-5-7-13-20/h5-13,15H,14,16-17H2,1-4H3,(H2,25,27,28). The molecule has 0 aliphatic carbocycles. The van der Waals surface area contributed by atoms with E-state index in [0.717, 1.165) is 22.6 Å². The first kappa shape index (κ1) is 21.4. The zero-order chi connectivity index (χ0) is 21.4. The Kier molecular flexibility index (Phi) is 7.12. The summed E-state index contributed by atoms with van der Waals surface area (Å²) in [6.07, 6.45) is 1.79. The highest BCUT2D eigenvalue weighted by Crippen LogP contribution is 2.22. The van der Waals surface area contributed by atoms with Crippen LogP contribution in [0.25, 0.3) is 0 Å². The Morgan fingerprint density at radius 1 is 0.967 bits per heavy atom. The predicted octanol–water partition coefficient (Wildman–Crippen LogP) is 4.42. The Morgan fingerprint density at radius 2 is 1.63 bits per heavy atom. The molecule has 0 fully saturated rings. The van der Waals surface area contributed by atoms with Crippen molar-refractivity contribution in [1.29, 1.82) is 0 Å². The van der Waals surface area contributed by atoms with Gasteiger partial charge in [0, 0.05) is 19.0 Å². The van der Waals surface area contributed by atoms with Gasteiger partial charge in [-0.25, -0.2) is 4.98 Å². The van der Waals surface area contributed by atoms with Crippen LogP contribution >= 0.6 is 0 Å². The van der Waals surface area contributed by atoms with Crippen LogP contribution in [-0.4, -0.2) is 18.0 Å². The van der Waals surface area contributed by atoms with Gasteiger partial charge in [-0.3, -0.25) is 4.99 Å². The lowest BCUT2D eigenvalue weighted by molar-refractivity contribution is 0.305. The normalized spacial score (nSPS) is 11.9. The number of nitrogens with one attached hydrogen (secondary N) is 2. The number of para-hydroxylation sites is 1. The fraction of sp³-hybridized carbons (Fsp3) is 0.333. The van der Waals surface area contributed by atoms with E-state index >= 15 is 0 Å². The molecular weight excluding hydrogens is 376 g/mol. The van der Waals surface area contributed by atoms with Crippen molar-refractivity contribution in [2.24, 2.45) is 4.99 Å². The van der Waals surface area contributed by atoms with Crippen LogP contribution in [-0.2, 0) is 25.1 Å². The lowest BCUT2D eigenvalue weighted by Crippen LogP contribution is -2.36. The molecule has 6 nitrogen and oxygen atoms in total. The minimum absolute atomic E-state index is 0.0588. The molecule has 2 N–H and O–H groups in total. The van der Waals surface area contributed by atoms with Gasteiger partial charge >= 0.3 is 0 Å². The number of guanidine groups is 1. The van der Waals surface area contributed by atoms with Gasteiger partial charge in [-0.2, -0.15) is 0 Å². The molecule has 158 valence electrons. The summed E-state index contributed by atoms with van der Waals surface area (Å²) in [7, 11) is 1.75. The maximum absolute atomic E-state index is 5.91. The summed E-state index contributed by atoms with van der Waals surface area (Å²) < 4.78 is 11.7. The molecule has 0 saturated carbocycles. The van der Waals surface area contributed by atoms with Crippen LogP contribution in [0.15, 0.2) is 70.2 Å². The van der Waals surface area contributed by atoms with E-state index in [2.05, 4.69) is 53.5 Å². The van der Waals surface area contributed by atoms with Crippen molar-refractivity contribution < 1.29 is 9.15 Å². The van der Waals surface area contributed by atoms with Crippen molar-refractivity contribution in [3.8, 4) is 5.75 Å². The molecule has 0 atom stereocenters. The number of aromatic nitrogens is 1. The third kappa shape index (κ3) is 6.11. The average molecular weight is 407 g/mol. The van der Waals surface area contributed by atoms with Crippen molar-refractivity contribution in [3.63, 3.8) is 0 Å². The molecule has 0 aliphatic heterocycles. The predicted molar refractivity (Wildman–Crippen MR) is 119 cm³/mol. The Balaban J connectivity index is 1.54. The number of benzene rings is 2. The lowest BCUT2D eigenvalue weighted by atomic mass is 9.94. The Labute approximate surface area is 178 Å². The van der Waals surface area contributed by atoms with Gasteiger partial charge in [0.25, 0.3) is 0 Å². The van der Waals surface area contributed by atoms with E-state index in [0.29, 0.717) is 31.5 Å². The monoisotopic (exact) mass is 406 g/mol. The fourth-order valence-corrected chi connectivity index (χ4v) is 2.85. The van der Waals surface area contributed by atoms with Gasteiger partial charge in [-0.1, -0.05) is 63.2 Å². The Hall–Kier alpha value is -3.28. The number of nitrogens with zero attached hydrogens (tertiary/aromatic N) is 2. The average Bonchev–Trinajstić information content (AvgIpc) is 3.23. The van der Waals surface area contributed by atoms with Crippen molar-refractivity contribution in [2.45, 2.75) is 45.9 Å². The van der Waals surface area contributed by atoms with Crippen LogP contribution in [0.4, 0.5) is 0 Å². The highest BCUT2D eigenvalue weighted by molar-refractivity contribution is 5.79. The van der Waals surface area contributed by atoms with Crippen LogP contribution in [0.5, 0.6) is 5.75 Å². The van der Waals surface area contributed by atoms with E-state index in [4.69, 9.17) is 9.15 Å². The summed E-state index contributed by atoms with van der Waals surface area (Å²) in [5.74, 6) is 3.05. The van der Waals surface area contributed by atoms with Gasteiger partial charge in [0.15, 0.2) is 5.96 Å². The molecule has 0 saturated heterocycles. The summed E-state index contributed by atoms with van der Waals surface area (Å²) in [4.78, 5) is 8.64. The molecule has 30 heavy (non-hydrogen) atoms. The minimum atomic E-state index is -0.0588.